The van der Waals surface area contributed by atoms with Crippen molar-refractivity contribution in [3.05, 3.63) is 40.0 Å². The SMILES string of the molecule is CNC(=O)CCOc1ccc([N+](=O)[O-])cc1C=CC(=O)O. The molecular formula is C13H14N2O6. The maximum absolute atomic E-state index is 11.1. The third kappa shape index (κ3) is 5.31. The summed E-state index contributed by atoms with van der Waals surface area (Å²) >= 11 is 0. The molecule has 8 nitrogen and oxygen atoms in total. The lowest BCUT2D eigenvalue weighted by Crippen LogP contribution is -2.20. The number of rotatable bonds is 7. The van der Waals surface area contributed by atoms with Gasteiger partial charge in [0.05, 0.1) is 18.0 Å². The first-order valence-corrected chi connectivity index (χ1v) is 5.97. The van der Waals surface area contributed by atoms with E-state index < -0.39 is 10.9 Å². The highest BCUT2D eigenvalue weighted by Gasteiger charge is 2.11. The number of amides is 1. The molecule has 0 aliphatic carbocycles. The van der Waals surface area contributed by atoms with Gasteiger partial charge in [-0.05, 0) is 12.1 Å². The van der Waals surface area contributed by atoms with E-state index >= 15 is 0 Å². The summed E-state index contributed by atoms with van der Waals surface area (Å²) in [5.41, 5.74) is 0.0715. The van der Waals surface area contributed by atoms with Crippen LogP contribution in [-0.2, 0) is 9.59 Å². The van der Waals surface area contributed by atoms with E-state index in [0.717, 1.165) is 6.08 Å². The number of non-ortho nitro benzene ring substituents is 1. The first-order chi connectivity index (χ1) is 9.93. The van der Waals surface area contributed by atoms with Crippen LogP contribution in [0.15, 0.2) is 24.3 Å². The highest BCUT2D eigenvalue weighted by molar-refractivity contribution is 5.86. The second kappa shape index (κ2) is 7.63. The summed E-state index contributed by atoms with van der Waals surface area (Å²) in [7, 11) is 1.50. The predicted octanol–water partition coefficient (Wildman–Crippen LogP) is 1.21. The summed E-state index contributed by atoms with van der Waals surface area (Å²) in [5.74, 6) is -1.13. The molecule has 1 amide bonds. The zero-order valence-electron chi connectivity index (χ0n) is 11.2. The topological polar surface area (TPSA) is 119 Å². The van der Waals surface area contributed by atoms with Gasteiger partial charge in [0.2, 0.25) is 5.91 Å². The molecule has 21 heavy (non-hydrogen) atoms. The minimum Gasteiger partial charge on any atom is -0.492 e. The normalized spacial score (nSPS) is 10.3. The van der Waals surface area contributed by atoms with Gasteiger partial charge in [0.25, 0.3) is 5.69 Å². The van der Waals surface area contributed by atoms with Gasteiger partial charge in [0, 0.05) is 30.8 Å². The summed E-state index contributed by atoms with van der Waals surface area (Å²) in [6.45, 7) is 0.0748. The largest absolute Gasteiger partial charge is 0.492 e. The fourth-order valence-corrected chi connectivity index (χ4v) is 1.45. The zero-order valence-corrected chi connectivity index (χ0v) is 11.2. The van der Waals surface area contributed by atoms with Gasteiger partial charge in [-0.3, -0.25) is 14.9 Å². The van der Waals surface area contributed by atoms with Crippen LogP contribution < -0.4 is 10.1 Å². The van der Waals surface area contributed by atoms with Crippen molar-refractivity contribution in [2.24, 2.45) is 0 Å². The van der Waals surface area contributed by atoms with Crippen molar-refractivity contribution in [3.63, 3.8) is 0 Å². The fraction of sp³-hybridized carbons (Fsp3) is 0.231. The molecule has 0 heterocycles. The van der Waals surface area contributed by atoms with Crippen LogP contribution in [0.25, 0.3) is 6.08 Å². The van der Waals surface area contributed by atoms with Crippen molar-refractivity contribution in [3.8, 4) is 5.75 Å². The number of carbonyl (C=O) groups is 2. The van der Waals surface area contributed by atoms with Gasteiger partial charge >= 0.3 is 5.97 Å². The quantitative estimate of drug-likeness (QED) is 0.443. The number of hydrogen-bond donors (Lipinski definition) is 2. The molecule has 0 saturated carbocycles. The third-order valence-electron chi connectivity index (χ3n) is 2.48. The van der Waals surface area contributed by atoms with Gasteiger partial charge in [-0.25, -0.2) is 4.79 Å². The molecule has 0 radical (unpaired) electrons. The molecule has 8 heteroatoms. The first kappa shape index (κ1) is 16.2. The summed E-state index contributed by atoms with van der Waals surface area (Å²) in [5, 5.41) is 21.8. The number of carboxylic acid groups (broad SMARTS) is 1. The van der Waals surface area contributed by atoms with E-state index in [9.17, 15) is 19.7 Å². The molecule has 112 valence electrons. The maximum atomic E-state index is 11.1. The number of aliphatic carboxylic acids is 1. The number of carboxylic acids is 1. The Balaban J connectivity index is 2.92. The molecule has 1 aromatic carbocycles. The standard InChI is InChI=1S/C13H14N2O6/c1-14-12(16)6-7-21-11-4-3-10(15(19)20)8-9(11)2-5-13(17)18/h2-5,8H,6-7H2,1H3,(H,14,16)(H,17,18). The maximum Gasteiger partial charge on any atom is 0.328 e. The van der Waals surface area contributed by atoms with Crippen LogP contribution in [0.2, 0.25) is 0 Å². The lowest BCUT2D eigenvalue weighted by atomic mass is 10.1. The van der Waals surface area contributed by atoms with Crippen LogP contribution in [0.1, 0.15) is 12.0 Å². The number of nitro groups is 1. The van der Waals surface area contributed by atoms with Gasteiger partial charge in [-0.15, -0.1) is 0 Å². The molecule has 0 aliphatic heterocycles. The van der Waals surface area contributed by atoms with E-state index in [-0.39, 0.29) is 35.9 Å². The number of hydrogen-bond acceptors (Lipinski definition) is 5. The lowest BCUT2D eigenvalue weighted by Gasteiger charge is -2.08. The summed E-state index contributed by atoms with van der Waals surface area (Å²) in [6, 6.07) is 3.81. The van der Waals surface area contributed by atoms with E-state index in [1.807, 2.05) is 0 Å². The van der Waals surface area contributed by atoms with E-state index in [2.05, 4.69) is 5.32 Å². The van der Waals surface area contributed by atoms with Crippen LogP contribution in [-0.4, -0.2) is 35.6 Å². The minimum atomic E-state index is -1.18. The second-order valence-corrected chi connectivity index (χ2v) is 3.92. The summed E-state index contributed by atoms with van der Waals surface area (Å²) in [6.07, 6.45) is 2.17. The Hall–Kier alpha value is -2.90. The molecule has 0 saturated heterocycles. The zero-order chi connectivity index (χ0) is 15.8. The Morgan fingerprint density at radius 1 is 1.48 bits per heavy atom. The Labute approximate surface area is 120 Å². The van der Waals surface area contributed by atoms with Crippen LogP contribution in [0, 0.1) is 10.1 Å². The molecule has 0 bridgehead atoms. The number of nitrogens with one attached hydrogen (secondary N) is 1. The van der Waals surface area contributed by atoms with Crippen LogP contribution in [0.3, 0.4) is 0 Å². The average molecular weight is 294 g/mol. The number of ether oxygens (including phenoxy) is 1. The van der Waals surface area contributed by atoms with Crippen LogP contribution in [0.4, 0.5) is 5.69 Å². The average Bonchev–Trinajstić information content (AvgIpc) is 2.45. The molecule has 0 aromatic heterocycles. The number of nitro benzene ring substituents is 1. The molecule has 1 aromatic rings. The Bertz CT molecular complexity index is 582. The fourth-order valence-electron chi connectivity index (χ4n) is 1.45. The second-order valence-electron chi connectivity index (χ2n) is 3.92. The Morgan fingerprint density at radius 3 is 2.76 bits per heavy atom. The molecule has 0 atom stereocenters. The van der Waals surface area contributed by atoms with Crippen molar-refractivity contribution in [2.75, 3.05) is 13.7 Å². The van der Waals surface area contributed by atoms with Crippen molar-refractivity contribution in [1.82, 2.24) is 5.32 Å². The smallest absolute Gasteiger partial charge is 0.328 e. The first-order valence-electron chi connectivity index (χ1n) is 5.97. The molecule has 0 unspecified atom stereocenters. The monoisotopic (exact) mass is 294 g/mol. The van der Waals surface area contributed by atoms with Gasteiger partial charge in [-0.2, -0.15) is 0 Å². The highest BCUT2D eigenvalue weighted by atomic mass is 16.6. The van der Waals surface area contributed by atoms with Gasteiger partial charge in [0.15, 0.2) is 0 Å². The van der Waals surface area contributed by atoms with E-state index in [0.29, 0.717) is 0 Å². The van der Waals surface area contributed by atoms with Crippen molar-refractivity contribution in [2.45, 2.75) is 6.42 Å². The molecular weight excluding hydrogens is 280 g/mol. The number of carbonyl (C=O) groups excluding carboxylic acids is 1. The Kier molecular flexibility index (Phi) is 5.87. The molecule has 0 aliphatic rings. The van der Waals surface area contributed by atoms with Crippen LogP contribution in [0.5, 0.6) is 5.75 Å². The van der Waals surface area contributed by atoms with Gasteiger partial charge in [-0.1, -0.05) is 0 Å². The number of benzene rings is 1. The van der Waals surface area contributed by atoms with Crippen LogP contribution >= 0.6 is 0 Å². The third-order valence-corrected chi connectivity index (χ3v) is 2.48. The van der Waals surface area contributed by atoms with E-state index in [1.54, 1.807) is 0 Å². The van der Waals surface area contributed by atoms with Crippen molar-refractivity contribution < 1.29 is 24.4 Å². The Morgan fingerprint density at radius 2 is 2.19 bits per heavy atom. The summed E-state index contributed by atoms with van der Waals surface area (Å²) < 4.78 is 5.35. The summed E-state index contributed by atoms with van der Waals surface area (Å²) in [4.78, 5) is 31.7. The van der Waals surface area contributed by atoms with Gasteiger partial charge < -0.3 is 15.2 Å². The van der Waals surface area contributed by atoms with Gasteiger partial charge in [0.1, 0.15) is 5.75 Å². The molecule has 0 spiro atoms. The molecule has 1 rings (SSSR count). The lowest BCUT2D eigenvalue weighted by molar-refractivity contribution is -0.384. The van der Waals surface area contributed by atoms with E-state index in [1.165, 1.54) is 31.3 Å². The highest BCUT2D eigenvalue weighted by Crippen LogP contribution is 2.25. The van der Waals surface area contributed by atoms with E-state index in [4.69, 9.17) is 9.84 Å². The number of nitrogens with zero attached hydrogens (tertiary/aromatic N) is 1. The molecule has 0 fully saturated rings. The van der Waals surface area contributed by atoms with Crippen molar-refractivity contribution >= 4 is 23.6 Å². The molecule has 2 N–H and O–H groups in total. The van der Waals surface area contributed by atoms with Crippen molar-refractivity contribution in [1.29, 1.82) is 0 Å². The predicted molar refractivity (Wildman–Crippen MR) is 73.9 cm³/mol. The minimum absolute atomic E-state index is 0.0748.